The van der Waals surface area contributed by atoms with Crippen LogP contribution in [0, 0.1) is 0 Å². The van der Waals surface area contributed by atoms with Crippen molar-refractivity contribution in [2.75, 3.05) is 19.8 Å². The smallest absolute Gasteiger partial charge is 0.430 e. The van der Waals surface area contributed by atoms with Crippen molar-refractivity contribution in [1.82, 2.24) is 0 Å². The second kappa shape index (κ2) is 11.5. The summed E-state index contributed by atoms with van der Waals surface area (Å²) >= 11 is 0. The van der Waals surface area contributed by atoms with Crippen LogP contribution in [0.2, 0.25) is 0 Å². The standard InChI is InChI=1S/C15H7F19O9/c16-7(17,3-39-5(35)37-1-4-2-38-6(36)40-4)41-12(27,28)13(29,30)43-15(33,34)14(31,32)42-11(25,26)9(20,21)8(18,19)10(22,23)24/h4H,1-3H2. The van der Waals surface area contributed by atoms with Crippen LogP contribution in [0.1, 0.15) is 0 Å². The van der Waals surface area contributed by atoms with Gasteiger partial charge < -0.3 is 18.9 Å². The summed E-state index contributed by atoms with van der Waals surface area (Å²) in [5.41, 5.74) is 0. The number of alkyl halides is 19. The Morgan fingerprint density at radius 3 is 1.44 bits per heavy atom. The summed E-state index contributed by atoms with van der Waals surface area (Å²) in [6, 6.07) is 0. The van der Waals surface area contributed by atoms with Crippen LogP contribution in [0.3, 0.4) is 0 Å². The monoisotopic (exact) mass is 692 g/mol. The van der Waals surface area contributed by atoms with Gasteiger partial charge in [0, 0.05) is 0 Å². The molecule has 1 saturated heterocycles. The summed E-state index contributed by atoms with van der Waals surface area (Å²) in [7, 11) is 0. The molecule has 0 saturated carbocycles. The van der Waals surface area contributed by atoms with Crippen molar-refractivity contribution >= 4 is 12.3 Å². The van der Waals surface area contributed by atoms with E-state index in [2.05, 4.69) is 23.7 Å². The summed E-state index contributed by atoms with van der Waals surface area (Å²) in [6.07, 6.45) is -57.4. The molecule has 43 heavy (non-hydrogen) atoms. The molecule has 1 heterocycles. The molecule has 0 bridgehead atoms. The van der Waals surface area contributed by atoms with Gasteiger partial charge in [-0.2, -0.15) is 83.4 Å². The minimum atomic E-state index is -8.23. The maximum absolute atomic E-state index is 13.4. The molecule has 0 amide bonds. The summed E-state index contributed by atoms with van der Waals surface area (Å²) in [6.45, 7) is -4.46. The van der Waals surface area contributed by atoms with Crippen molar-refractivity contribution in [2.45, 2.75) is 60.8 Å². The molecule has 1 fully saturated rings. The minimum absolute atomic E-state index is 0.568. The fraction of sp³-hybridized carbons (Fsp3) is 0.867. The molecule has 0 N–H and O–H groups in total. The number of carbonyl (C=O) groups excluding carboxylic acids is 2. The largest absolute Gasteiger partial charge is 0.508 e. The Labute approximate surface area is 220 Å². The lowest BCUT2D eigenvalue weighted by Gasteiger charge is -2.37. The van der Waals surface area contributed by atoms with E-state index in [4.69, 9.17) is 0 Å². The highest BCUT2D eigenvalue weighted by molar-refractivity contribution is 5.62. The van der Waals surface area contributed by atoms with Gasteiger partial charge in [-0.05, 0) is 0 Å². The molecule has 0 aromatic rings. The Balaban J connectivity index is 2.98. The number of hydrogen-bond donors (Lipinski definition) is 0. The number of carbonyl (C=O) groups is 2. The SMILES string of the molecule is O=C(OCC1COC(=O)O1)OCC(F)(F)OC(F)(F)C(F)(F)OC(F)(F)C(F)(F)OC(F)(F)C(F)(F)C(F)(F)C(F)(F)F. The molecule has 1 unspecified atom stereocenters. The van der Waals surface area contributed by atoms with E-state index >= 15 is 0 Å². The average Bonchev–Trinajstić information content (AvgIpc) is 3.18. The Morgan fingerprint density at radius 2 is 1.05 bits per heavy atom. The highest BCUT2D eigenvalue weighted by Gasteiger charge is 2.85. The van der Waals surface area contributed by atoms with Crippen LogP contribution in [0.25, 0.3) is 0 Å². The van der Waals surface area contributed by atoms with E-state index in [0.717, 1.165) is 0 Å². The maximum atomic E-state index is 13.4. The van der Waals surface area contributed by atoms with E-state index in [0.29, 0.717) is 0 Å². The summed E-state index contributed by atoms with van der Waals surface area (Å²) < 4.78 is 267. The molecular weight excluding hydrogens is 685 g/mol. The molecule has 1 atom stereocenters. The molecule has 1 aliphatic rings. The van der Waals surface area contributed by atoms with Gasteiger partial charge in [0.05, 0.1) is 0 Å². The van der Waals surface area contributed by atoms with E-state index < -0.39 is 92.9 Å². The predicted octanol–water partition coefficient (Wildman–Crippen LogP) is 6.11. The third-order valence-electron chi connectivity index (χ3n) is 3.98. The van der Waals surface area contributed by atoms with E-state index in [1.165, 1.54) is 9.47 Å². The molecule has 0 aromatic heterocycles. The van der Waals surface area contributed by atoms with Gasteiger partial charge in [0.1, 0.15) is 13.2 Å². The first-order valence-electron chi connectivity index (χ1n) is 9.56. The van der Waals surface area contributed by atoms with Gasteiger partial charge in [0.2, 0.25) is 0 Å². The molecule has 254 valence electrons. The third-order valence-corrected chi connectivity index (χ3v) is 3.98. The lowest BCUT2D eigenvalue weighted by Crippen LogP contribution is -2.65. The molecule has 0 radical (unpaired) electrons. The topological polar surface area (TPSA) is 98.8 Å². The quantitative estimate of drug-likeness (QED) is 0.158. The number of ether oxygens (including phenoxy) is 7. The molecular formula is C15H7F19O9. The van der Waals surface area contributed by atoms with Crippen LogP contribution in [0.4, 0.5) is 93.0 Å². The molecule has 1 aliphatic heterocycles. The third kappa shape index (κ3) is 8.38. The van der Waals surface area contributed by atoms with Gasteiger partial charge in [0.25, 0.3) is 0 Å². The zero-order valence-electron chi connectivity index (χ0n) is 19.1. The van der Waals surface area contributed by atoms with Gasteiger partial charge in [-0.15, -0.1) is 0 Å². The average molecular weight is 692 g/mol. The van der Waals surface area contributed by atoms with Gasteiger partial charge in [-0.25, -0.2) is 23.8 Å². The van der Waals surface area contributed by atoms with Crippen molar-refractivity contribution in [3.8, 4) is 0 Å². The number of rotatable bonds is 14. The van der Waals surface area contributed by atoms with Crippen molar-refractivity contribution < 1.29 is 126 Å². The molecule has 1 rings (SSSR count). The van der Waals surface area contributed by atoms with Crippen LogP contribution in [0.15, 0.2) is 0 Å². The first-order chi connectivity index (χ1) is 18.7. The highest BCUT2D eigenvalue weighted by Crippen LogP contribution is 2.56. The normalized spacial score (nSPS) is 18.3. The predicted molar refractivity (Wildman–Crippen MR) is 82.4 cm³/mol. The van der Waals surface area contributed by atoms with Gasteiger partial charge in [-0.1, -0.05) is 0 Å². The van der Waals surface area contributed by atoms with Crippen LogP contribution >= 0.6 is 0 Å². The first kappa shape index (κ1) is 38.1. The van der Waals surface area contributed by atoms with Gasteiger partial charge in [-0.3, -0.25) is 0 Å². The Morgan fingerprint density at radius 1 is 0.628 bits per heavy atom. The van der Waals surface area contributed by atoms with Gasteiger partial charge in [0.15, 0.2) is 12.7 Å². The van der Waals surface area contributed by atoms with Crippen molar-refractivity contribution in [3.63, 3.8) is 0 Å². The Kier molecular flexibility index (Phi) is 10.2. The minimum Gasteiger partial charge on any atom is -0.430 e. The summed E-state index contributed by atoms with van der Waals surface area (Å²) in [5.74, 6) is -16.3. The van der Waals surface area contributed by atoms with Crippen LogP contribution in [0.5, 0.6) is 0 Å². The lowest BCUT2D eigenvalue weighted by molar-refractivity contribution is -0.569. The molecule has 0 spiro atoms. The molecule has 28 heteroatoms. The van der Waals surface area contributed by atoms with E-state index in [1.54, 1.807) is 0 Å². The Bertz CT molecular complexity index is 1010. The summed E-state index contributed by atoms with van der Waals surface area (Å²) in [4.78, 5) is 21.7. The van der Waals surface area contributed by atoms with Crippen molar-refractivity contribution in [1.29, 1.82) is 0 Å². The van der Waals surface area contributed by atoms with Crippen molar-refractivity contribution in [3.05, 3.63) is 0 Å². The first-order valence-corrected chi connectivity index (χ1v) is 9.56. The molecule has 9 nitrogen and oxygen atoms in total. The highest BCUT2D eigenvalue weighted by atomic mass is 19.4. The van der Waals surface area contributed by atoms with Crippen LogP contribution in [-0.2, 0) is 33.2 Å². The number of hydrogen-bond acceptors (Lipinski definition) is 9. The van der Waals surface area contributed by atoms with Crippen molar-refractivity contribution in [2.24, 2.45) is 0 Å². The summed E-state index contributed by atoms with van der Waals surface area (Å²) in [5, 5.41) is 0. The zero-order chi connectivity index (χ0) is 34.3. The number of halogens is 19. The Hall–Kier alpha value is -2.91. The maximum Gasteiger partial charge on any atom is 0.508 e. The van der Waals surface area contributed by atoms with Crippen LogP contribution < -0.4 is 0 Å². The number of cyclic esters (lactones) is 2. The second-order valence-electron chi connectivity index (χ2n) is 7.32. The van der Waals surface area contributed by atoms with Crippen LogP contribution in [-0.4, -0.2) is 92.9 Å². The fourth-order valence-corrected chi connectivity index (χ4v) is 1.99. The lowest BCUT2D eigenvalue weighted by atomic mass is 10.1. The van der Waals surface area contributed by atoms with E-state index in [9.17, 15) is 93.0 Å². The van der Waals surface area contributed by atoms with Gasteiger partial charge >= 0.3 is 67.0 Å². The second-order valence-corrected chi connectivity index (χ2v) is 7.32. The van der Waals surface area contributed by atoms with E-state index in [1.807, 2.05) is 0 Å². The molecule has 0 aliphatic carbocycles. The fourth-order valence-electron chi connectivity index (χ4n) is 1.99. The molecule has 0 aromatic carbocycles. The zero-order valence-corrected chi connectivity index (χ0v) is 19.1. The van der Waals surface area contributed by atoms with E-state index in [-0.39, 0.29) is 0 Å².